The molecule has 0 radical (unpaired) electrons. The zero-order valence-corrected chi connectivity index (χ0v) is 14.4. The molecule has 0 fully saturated rings. The number of nitrogens with zero attached hydrogens (tertiary/aromatic N) is 4. The van der Waals surface area contributed by atoms with E-state index < -0.39 is 0 Å². The SMILES string of the molecule is CC(C)[C@@H](NCc1ccc(Cn2cncn2)cc1)c1ccc(F)cn1. The fourth-order valence-electron chi connectivity index (χ4n) is 2.74. The predicted octanol–water partition coefficient (Wildman–Crippen LogP) is 3.35. The molecule has 0 aliphatic carbocycles. The highest BCUT2D eigenvalue weighted by atomic mass is 19.1. The van der Waals surface area contributed by atoms with Crippen LogP contribution in [0.3, 0.4) is 0 Å². The van der Waals surface area contributed by atoms with Crippen molar-refractivity contribution in [3.05, 3.63) is 77.9 Å². The van der Waals surface area contributed by atoms with Crippen LogP contribution in [0.1, 0.15) is 36.7 Å². The van der Waals surface area contributed by atoms with Gasteiger partial charge >= 0.3 is 0 Å². The summed E-state index contributed by atoms with van der Waals surface area (Å²) in [6, 6.07) is 11.7. The van der Waals surface area contributed by atoms with E-state index in [1.54, 1.807) is 17.1 Å². The van der Waals surface area contributed by atoms with Crippen LogP contribution in [0.4, 0.5) is 4.39 Å². The summed E-state index contributed by atoms with van der Waals surface area (Å²) in [5.74, 6) is 0.0405. The van der Waals surface area contributed by atoms with Gasteiger partial charge < -0.3 is 5.32 Å². The van der Waals surface area contributed by atoms with Gasteiger partial charge in [-0.1, -0.05) is 38.1 Å². The zero-order valence-electron chi connectivity index (χ0n) is 14.4. The van der Waals surface area contributed by atoms with Crippen molar-refractivity contribution in [3.63, 3.8) is 0 Å². The van der Waals surface area contributed by atoms with Crippen molar-refractivity contribution in [2.45, 2.75) is 33.0 Å². The van der Waals surface area contributed by atoms with Crippen molar-refractivity contribution in [2.75, 3.05) is 0 Å². The van der Waals surface area contributed by atoms with Gasteiger partial charge in [-0.2, -0.15) is 5.10 Å². The van der Waals surface area contributed by atoms with Gasteiger partial charge in [0.05, 0.1) is 24.5 Å². The predicted molar refractivity (Wildman–Crippen MR) is 94.2 cm³/mol. The van der Waals surface area contributed by atoms with Gasteiger partial charge in [0.25, 0.3) is 0 Å². The number of rotatable bonds is 7. The van der Waals surface area contributed by atoms with Crippen LogP contribution >= 0.6 is 0 Å². The summed E-state index contributed by atoms with van der Waals surface area (Å²) in [7, 11) is 0. The highest BCUT2D eigenvalue weighted by Crippen LogP contribution is 2.20. The molecular formula is C19H22FN5. The maximum atomic E-state index is 13.1. The minimum Gasteiger partial charge on any atom is -0.304 e. The van der Waals surface area contributed by atoms with Crippen LogP contribution in [0.2, 0.25) is 0 Å². The molecule has 6 heteroatoms. The second kappa shape index (κ2) is 7.98. The van der Waals surface area contributed by atoms with Crippen LogP contribution in [-0.2, 0) is 13.1 Å². The summed E-state index contributed by atoms with van der Waals surface area (Å²) in [6.07, 6.45) is 4.51. The fourth-order valence-corrected chi connectivity index (χ4v) is 2.74. The van der Waals surface area contributed by atoms with Crippen LogP contribution in [-0.4, -0.2) is 19.7 Å². The van der Waals surface area contributed by atoms with Crippen LogP contribution < -0.4 is 5.32 Å². The van der Waals surface area contributed by atoms with Gasteiger partial charge in [0, 0.05) is 6.54 Å². The molecule has 0 aliphatic heterocycles. The van der Waals surface area contributed by atoms with E-state index in [2.05, 4.69) is 58.5 Å². The fraction of sp³-hybridized carbons (Fsp3) is 0.316. The molecule has 3 aromatic rings. The Labute approximate surface area is 146 Å². The molecule has 2 aromatic heterocycles. The summed E-state index contributed by atoms with van der Waals surface area (Å²) in [5, 5.41) is 7.64. The van der Waals surface area contributed by atoms with Gasteiger partial charge in [0.1, 0.15) is 18.5 Å². The molecule has 1 aromatic carbocycles. The Bertz CT molecular complexity index is 767. The first-order valence-electron chi connectivity index (χ1n) is 8.37. The van der Waals surface area contributed by atoms with E-state index in [0.29, 0.717) is 12.5 Å². The number of hydrogen-bond donors (Lipinski definition) is 1. The average Bonchev–Trinajstić information content (AvgIpc) is 3.11. The number of benzene rings is 1. The van der Waals surface area contributed by atoms with Crippen molar-refractivity contribution in [1.82, 2.24) is 25.1 Å². The molecule has 0 spiro atoms. The van der Waals surface area contributed by atoms with E-state index in [9.17, 15) is 4.39 Å². The van der Waals surface area contributed by atoms with Crippen molar-refractivity contribution in [3.8, 4) is 0 Å². The Kier molecular flexibility index (Phi) is 5.50. The maximum Gasteiger partial charge on any atom is 0.141 e. The smallest absolute Gasteiger partial charge is 0.141 e. The molecule has 5 nitrogen and oxygen atoms in total. The largest absolute Gasteiger partial charge is 0.304 e. The molecule has 0 saturated carbocycles. The quantitative estimate of drug-likeness (QED) is 0.717. The van der Waals surface area contributed by atoms with Crippen molar-refractivity contribution < 1.29 is 4.39 Å². The van der Waals surface area contributed by atoms with E-state index in [0.717, 1.165) is 12.2 Å². The van der Waals surface area contributed by atoms with Gasteiger partial charge in [0.2, 0.25) is 0 Å². The first-order chi connectivity index (χ1) is 12.1. The average molecular weight is 339 g/mol. The lowest BCUT2D eigenvalue weighted by Gasteiger charge is -2.22. The van der Waals surface area contributed by atoms with E-state index in [-0.39, 0.29) is 11.9 Å². The summed E-state index contributed by atoms with van der Waals surface area (Å²) in [4.78, 5) is 8.16. The minimum atomic E-state index is -0.311. The van der Waals surface area contributed by atoms with Crippen LogP contribution in [0, 0.1) is 11.7 Å². The highest BCUT2D eigenvalue weighted by molar-refractivity contribution is 5.23. The van der Waals surface area contributed by atoms with E-state index in [4.69, 9.17) is 0 Å². The van der Waals surface area contributed by atoms with Crippen LogP contribution in [0.25, 0.3) is 0 Å². The third kappa shape index (κ3) is 4.70. The Hall–Kier alpha value is -2.60. The van der Waals surface area contributed by atoms with Gasteiger partial charge in [0.15, 0.2) is 0 Å². The Morgan fingerprint density at radius 3 is 2.44 bits per heavy atom. The third-order valence-corrected chi connectivity index (χ3v) is 4.10. The summed E-state index contributed by atoms with van der Waals surface area (Å²) < 4.78 is 14.9. The third-order valence-electron chi connectivity index (χ3n) is 4.10. The van der Waals surface area contributed by atoms with Gasteiger partial charge in [-0.15, -0.1) is 0 Å². The first kappa shape index (κ1) is 17.2. The lowest BCUT2D eigenvalue weighted by atomic mass is 10.00. The topological polar surface area (TPSA) is 55.6 Å². The molecule has 0 saturated heterocycles. The second-order valence-electron chi connectivity index (χ2n) is 6.41. The van der Waals surface area contributed by atoms with Gasteiger partial charge in [-0.25, -0.2) is 14.1 Å². The Balaban J connectivity index is 1.61. The number of pyridine rings is 1. The normalized spacial score (nSPS) is 12.5. The molecule has 25 heavy (non-hydrogen) atoms. The zero-order chi connectivity index (χ0) is 17.6. The lowest BCUT2D eigenvalue weighted by Crippen LogP contribution is -2.26. The second-order valence-corrected chi connectivity index (χ2v) is 6.41. The highest BCUT2D eigenvalue weighted by Gasteiger charge is 2.16. The minimum absolute atomic E-state index is 0.0791. The summed E-state index contributed by atoms with van der Waals surface area (Å²) in [5.41, 5.74) is 3.23. The van der Waals surface area contributed by atoms with E-state index in [1.807, 2.05) is 0 Å². The van der Waals surface area contributed by atoms with Crippen molar-refractivity contribution in [2.24, 2.45) is 5.92 Å². The lowest BCUT2D eigenvalue weighted by molar-refractivity contribution is 0.401. The van der Waals surface area contributed by atoms with Crippen LogP contribution in [0.15, 0.2) is 55.2 Å². The maximum absolute atomic E-state index is 13.1. The first-order valence-corrected chi connectivity index (χ1v) is 8.37. The van der Waals surface area contributed by atoms with Crippen molar-refractivity contribution >= 4 is 0 Å². The Morgan fingerprint density at radius 2 is 1.84 bits per heavy atom. The van der Waals surface area contributed by atoms with Gasteiger partial charge in [-0.05, 0) is 29.2 Å². The molecule has 0 bridgehead atoms. The van der Waals surface area contributed by atoms with Crippen molar-refractivity contribution in [1.29, 1.82) is 0 Å². The number of aromatic nitrogens is 4. The summed E-state index contributed by atoms with van der Waals surface area (Å²) >= 11 is 0. The molecule has 1 N–H and O–H groups in total. The number of halogens is 1. The molecule has 130 valence electrons. The molecule has 0 aliphatic rings. The number of hydrogen-bond acceptors (Lipinski definition) is 4. The molecule has 1 atom stereocenters. The summed E-state index contributed by atoms with van der Waals surface area (Å²) in [6.45, 7) is 5.70. The molecule has 3 rings (SSSR count). The molecular weight excluding hydrogens is 317 g/mol. The Morgan fingerprint density at radius 1 is 1.08 bits per heavy atom. The molecule has 0 unspecified atom stereocenters. The van der Waals surface area contributed by atoms with Gasteiger partial charge in [-0.3, -0.25) is 4.98 Å². The number of nitrogens with one attached hydrogen (secondary N) is 1. The molecule has 2 heterocycles. The van der Waals surface area contributed by atoms with E-state index >= 15 is 0 Å². The van der Waals surface area contributed by atoms with E-state index in [1.165, 1.54) is 29.7 Å². The molecule has 0 amide bonds. The monoisotopic (exact) mass is 339 g/mol. The standard InChI is InChI=1S/C19H22FN5/c1-14(2)19(18-8-7-17(20)10-22-18)23-9-15-3-5-16(6-4-15)11-25-13-21-12-24-25/h3-8,10,12-14,19,23H,9,11H2,1-2H3/t19-/m1/s1. The van der Waals surface area contributed by atoms with Crippen LogP contribution in [0.5, 0.6) is 0 Å².